The number of ether oxygens (including phenoxy) is 2. The Balaban J connectivity index is 1.63. The number of morpholine rings is 1. The molecule has 0 aliphatic carbocycles. The van der Waals surface area contributed by atoms with E-state index in [4.69, 9.17) is 37.8 Å². The van der Waals surface area contributed by atoms with Gasteiger partial charge < -0.3 is 19.5 Å². The normalized spacial score (nSPS) is 14.0. The Labute approximate surface area is 201 Å². The number of amides is 1. The van der Waals surface area contributed by atoms with Crippen molar-refractivity contribution in [2.24, 2.45) is 0 Å². The molecule has 0 atom stereocenters. The lowest BCUT2D eigenvalue weighted by Crippen LogP contribution is -2.39. The molecule has 32 heavy (non-hydrogen) atoms. The summed E-state index contributed by atoms with van der Waals surface area (Å²) < 4.78 is 10.9. The van der Waals surface area contributed by atoms with E-state index in [-0.39, 0.29) is 12.3 Å². The molecular formula is C23H23Cl2NO5S. The van der Waals surface area contributed by atoms with Gasteiger partial charge in [-0.05, 0) is 42.3 Å². The largest absolute Gasteiger partial charge is 0.494 e. The molecule has 1 N–H and O–H groups in total. The number of halogens is 2. The second kappa shape index (κ2) is 12.2. The predicted molar refractivity (Wildman–Crippen MR) is 126 cm³/mol. The van der Waals surface area contributed by atoms with Crippen LogP contribution in [0.4, 0.5) is 0 Å². The number of carboxylic acid groups (broad SMARTS) is 1. The topological polar surface area (TPSA) is 76.1 Å². The van der Waals surface area contributed by atoms with Gasteiger partial charge in [0.1, 0.15) is 5.75 Å². The maximum absolute atomic E-state index is 12.3. The summed E-state index contributed by atoms with van der Waals surface area (Å²) in [6.45, 7) is 2.59. The number of hydrogen-bond acceptors (Lipinski definition) is 5. The molecule has 0 saturated carbocycles. The summed E-state index contributed by atoms with van der Waals surface area (Å²) in [4.78, 5) is 26.3. The standard InChI is InChI=1S/C23H23Cl2NO5S/c24-22-16(7-9-20(27)26-10-13-30-14-11-26)6-8-19(23(22)25)32-18-4-1-3-17(15-18)31-12-2-5-21(28)29/h1,3-4,6-9,15H,2,5,10-14H2,(H,28,29)/b9-7+. The van der Waals surface area contributed by atoms with Crippen LogP contribution in [0.3, 0.4) is 0 Å². The number of hydrogen-bond donors (Lipinski definition) is 1. The summed E-state index contributed by atoms with van der Waals surface area (Å²) in [6.07, 6.45) is 3.69. The van der Waals surface area contributed by atoms with Crippen LogP contribution < -0.4 is 4.74 Å². The minimum Gasteiger partial charge on any atom is -0.494 e. The molecule has 0 unspecified atom stereocenters. The Morgan fingerprint density at radius 3 is 2.69 bits per heavy atom. The highest BCUT2D eigenvalue weighted by molar-refractivity contribution is 7.99. The Hall–Kier alpha value is -2.19. The van der Waals surface area contributed by atoms with Gasteiger partial charge in [-0.1, -0.05) is 47.1 Å². The van der Waals surface area contributed by atoms with E-state index in [1.54, 1.807) is 11.0 Å². The Bertz CT molecular complexity index is 992. The minimum atomic E-state index is -0.840. The molecular weight excluding hydrogens is 473 g/mol. The van der Waals surface area contributed by atoms with Crippen LogP contribution in [0.15, 0.2) is 52.3 Å². The molecule has 2 aromatic rings. The van der Waals surface area contributed by atoms with Crippen molar-refractivity contribution in [2.75, 3.05) is 32.9 Å². The molecule has 2 aromatic carbocycles. The van der Waals surface area contributed by atoms with Gasteiger partial charge in [0.2, 0.25) is 5.91 Å². The van der Waals surface area contributed by atoms with E-state index < -0.39 is 5.97 Å². The van der Waals surface area contributed by atoms with Crippen molar-refractivity contribution in [3.05, 3.63) is 58.1 Å². The molecule has 0 radical (unpaired) electrons. The highest BCUT2D eigenvalue weighted by Crippen LogP contribution is 2.40. The van der Waals surface area contributed by atoms with Crippen molar-refractivity contribution in [3.63, 3.8) is 0 Å². The van der Waals surface area contributed by atoms with Crippen LogP contribution >= 0.6 is 35.0 Å². The molecule has 0 aromatic heterocycles. The van der Waals surface area contributed by atoms with Crippen LogP contribution in [-0.4, -0.2) is 54.8 Å². The van der Waals surface area contributed by atoms with Gasteiger partial charge >= 0.3 is 5.97 Å². The van der Waals surface area contributed by atoms with E-state index in [1.165, 1.54) is 17.8 Å². The molecule has 1 aliphatic rings. The quantitative estimate of drug-likeness (QED) is 0.377. The van der Waals surface area contributed by atoms with Crippen LogP contribution in [-0.2, 0) is 14.3 Å². The zero-order valence-electron chi connectivity index (χ0n) is 17.3. The smallest absolute Gasteiger partial charge is 0.303 e. The maximum atomic E-state index is 12.3. The van der Waals surface area contributed by atoms with Gasteiger partial charge in [-0.3, -0.25) is 9.59 Å². The fourth-order valence-corrected chi connectivity index (χ4v) is 4.45. The summed E-state index contributed by atoms with van der Waals surface area (Å²) in [5, 5.41) is 9.48. The molecule has 0 bridgehead atoms. The summed E-state index contributed by atoms with van der Waals surface area (Å²) in [5.74, 6) is -0.268. The van der Waals surface area contributed by atoms with Gasteiger partial charge in [-0.2, -0.15) is 0 Å². The molecule has 9 heteroatoms. The van der Waals surface area contributed by atoms with E-state index in [2.05, 4.69) is 0 Å². The zero-order chi connectivity index (χ0) is 22.9. The summed E-state index contributed by atoms with van der Waals surface area (Å²) in [7, 11) is 0. The first-order valence-corrected chi connectivity index (χ1v) is 11.7. The third-order valence-electron chi connectivity index (χ3n) is 4.64. The van der Waals surface area contributed by atoms with Crippen LogP contribution in [0, 0.1) is 0 Å². The maximum Gasteiger partial charge on any atom is 0.303 e. The number of carboxylic acids is 1. The van der Waals surface area contributed by atoms with Gasteiger partial charge in [-0.25, -0.2) is 0 Å². The Morgan fingerprint density at radius 1 is 1.16 bits per heavy atom. The Morgan fingerprint density at radius 2 is 1.94 bits per heavy atom. The average molecular weight is 496 g/mol. The zero-order valence-corrected chi connectivity index (χ0v) is 19.6. The van der Waals surface area contributed by atoms with Gasteiger partial charge in [-0.15, -0.1) is 0 Å². The highest BCUT2D eigenvalue weighted by Gasteiger charge is 2.15. The number of carbonyl (C=O) groups is 2. The fourth-order valence-electron chi connectivity index (χ4n) is 2.97. The van der Waals surface area contributed by atoms with Crippen LogP contribution in [0.1, 0.15) is 18.4 Å². The second-order valence-corrected chi connectivity index (χ2v) is 8.85. The van der Waals surface area contributed by atoms with Gasteiger partial charge in [0.15, 0.2) is 0 Å². The summed E-state index contributed by atoms with van der Waals surface area (Å²) in [6, 6.07) is 11.2. The first kappa shape index (κ1) is 24.5. The van der Waals surface area contributed by atoms with Crippen molar-refractivity contribution < 1.29 is 24.2 Å². The number of carbonyl (C=O) groups excluding carboxylic acids is 1. The van der Waals surface area contributed by atoms with Crippen molar-refractivity contribution in [1.29, 1.82) is 0 Å². The van der Waals surface area contributed by atoms with E-state index in [1.807, 2.05) is 36.4 Å². The molecule has 170 valence electrons. The fraction of sp³-hybridized carbons (Fsp3) is 0.304. The van der Waals surface area contributed by atoms with Crippen molar-refractivity contribution in [1.82, 2.24) is 4.90 Å². The average Bonchev–Trinajstić information content (AvgIpc) is 2.80. The number of aliphatic carboxylic acids is 1. The van der Waals surface area contributed by atoms with Crippen molar-refractivity contribution in [2.45, 2.75) is 22.6 Å². The number of benzene rings is 2. The van der Waals surface area contributed by atoms with E-state index in [0.717, 1.165) is 9.79 Å². The molecule has 0 spiro atoms. The van der Waals surface area contributed by atoms with Gasteiger partial charge in [0.25, 0.3) is 0 Å². The molecule has 1 fully saturated rings. The molecule has 1 heterocycles. The van der Waals surface area contributed by atoms with Crippen LogP contribution in [0.25, 0.3) is 6.08 Å². The molecule has 1 saturated heterocycles. The summed E-state index contributed by atoms with van der Waals surface area (Å²) >= 11 is 14.4. The predicted octanol–water partition coefficient (Wildman–Crippen LogP) is 5.26. The highest BCUT2D eigenvalue weighted by atomic mass is 35.5. The molecule has 6 nitrogen and oxygen atoms in total. The van der Waals surface area contributed by atoms with Gasteiger partial charge in [0.05, 0.1) is 29.9 Å². The van der Waals surface area contributed by atoms with Gasteiger partial charge in [0, 0.05) is 35.4 Å². The van der Waals surface area contributed by atoms with Crippen molar-refractivity contribution in [3.8, 4) is 5.75 Å². The third-order valence-corrected chi connectivity index (χ3v) is 6.70. The summed E-state index contributed by atoms with van der Waals surface area (Å²) in [5.41, 5.74) is 0.665. The first-order valence-electron chi connectivity index (χ1n) is 10.1. The lowest BCUT2D eigenvalue weighted by molar-refractivity contribution is -0.137. The molecule has 1 aliphatic heterocycles. The molecule has 1 amide bonds. The number of rotatable bonds is 9. The van der Waals surface area contributed by atoms with E-state index in [0.29, 0.717) is 60.7 Å². The monoisotopic (exact) mass is 495 g/mol. The van der Waals surface area contributed by atoms with E-state index >= 15 is 0 Å². The van der Waals surface area contributed by atoms with E-state index in [9.17, 15) is 9.59 Å². The van der Waals surface area contributed by atoms with Crippen LogP contribution in [0.2, 0.25) is 10.0 Å². The molecule has 3 rings (SSSR count). The Kier molecular flexibility index (Phi) is 9.29. The third kappa shape index (κ3) is 7.17. The second-order valence-electron chi connectivity index (χ2n) is 6.97. The lowest BCUT2D eigenvalue weighted by atomic mass is 10.2. The lowest BCUT2D eigenvalue weighted by Gasteiger charge is -2.25. The first-order chi connectivity index (χ1) is 15.4. The van der Waals surface area contributed by atoms with Crippen LogP contribution in [0.5, 0.6) is 5.75 Å². The minimum absolute atomic E-state index is 0.0708. The SMILES string of the molecule is O=C(O)CCCOc1cccc(Sc2ccc(/C=C/C(=O)N3CCOCC3)c(Cl)c2Cl)c1. The number of nitrogens with zero attached hydrogens (tertiary/aromatic N) is 1. The van der Waals surface area contributed by atoms with Crippen molar-refractivity contribution >= 4 is 52.9 Å².